The first-order valence-electron chi connectivity index (χ1n) is 9.89. The smallest absolute Gasteiger partial charge is 0.412 e. The third kappa shape index (κ3) is 6.44. The van der Waals surface area contributed by atoms with Gasteiger partial charge in [-0.15, -0.1) is 0 Å². The van der Waals surface area contributed by atoms with Gasteiger partial charge in [0, 0.05) is 5.92 Å². The van der Waals surface area contributed by atoms with Gasteiger partial charge in [-0.1, -0.05) is 27.7 Å². The molecule has 27 heavy (non-hydrogen) atoms. The number of ether oxygens (including phenoxy) is 2. The molecule has 0 saturated carbocycles. The molecule has 0 bridgehead atoms. The number of carbonyl (C=O) groups is 1. The lowest BCUT2D eigenvalue weighted by molar-refractivity contribution is -0.0800. The maximum atomic E-state index is 12.7. The molecule has 0 spiro atoms. The van der Waals surface area contributed by atoms with Crippen LogP contribution in [0.4, 0.5) is 4.79 Å². The number of aliphatic hydroxyl groups is 1. The predicted molar refractivity (Wildman–Crippen MR) is 110 cm³/mol. The molecule has 1 heterocycles. The SMILES string of the molecule is C[C@@H](CC1COC(C)(C)N1C(=O)OC(C)(C)C)C(O)O[Si](C)(C)C(C)(C)C. The van der Waals surface area contributed by atoms with Crippen molar-refractivity contribution in [2.24, 2.45) is 5.92 Å². The van der Waals surface area contributed by atoms with E-state index in [1.807, 2.05) is 41.5 Å². The standard InChI is InChI=1S/C20H41NO5Si/c1-14(16(22)26-27(10,11)19(5,6)7)12-15-13-24-20(8,9)21(15)17(23)25-18(2,3)4/h14-16,22H,12-13H2,1-11H3/t14-,15?,16?/m0/s1. The summed E-state index contributed by atoms with van der Waals surface area (Å²) in [6.07, 6.45) is -0.671. The van der Waals surface area contributed by atoms with Gasteiger partial charge in [-0.2, -0.15) is 0 Å². The van der Waals surface area contributed by atoms with Crippen LogP contribution in [0.15, 0.2) is 0 Å². The minimum absolute atomic E-state index is 0.0225. The second kappa shape index (κ2) is 8.01. The molecule has 0 radical (unpaired) electrons. The van der Waals surface area contributed by atoms with E-state index >= 15 is 0 Å². The van der Waals surface area contributed by atoms with Crippen molar-refractivity contribution in [2.45, 2.75) is 111 Å². The monoisotopic (exact) mass is 403 g/mol. The molecule has 7 heteroatoms. The number of aliphatic hydroxyl groups excluding tert-OH is 1. The highest BCUT2D eigenvalue weighted by Gasteiger charge is 2.47. The van der Waals surface area contributed by atoms with E-state index in [9.17, 15) is 9.90 Å². The highest BCUT2D eigenvalue weighted by atomic mass is 28.4. The molecular weight excluding hydrogens is 362 g/mol. The van der Waals surface area contributed by atoms with E-state index in [1.165, 1.54) is 0 Å². The summed E-state index contributed by atoms with van der Waals surface area (Å²) in [5.74, 6) is -0.133. The molecule has 1 rings (SSSR count). The molecule has 1 aliphatic heterocycles. The molecule has 6 nitrogen and oxygen atoms in total. The Labute approximate surface area is 166 Å². The Morgan fingerprint density at radius 3 is 2.22 bits per heavy atom. The fourth-order valence-corrected chi connectivity index (χ4v) is 4.07. The van der Waals surface area contributed by atoms with Gasteiger partial charge in [0.05, 0.1) is 12.6 Å². The molecule has 0 aromatic carbocycles. The second-order valence-electron chi connectivity index (χ2n) is 10.7. The van der Waals surface area contributed by atoms with Crippen molar-refractivity contribution < 1.29 is 23.8 Å². The number of hydrogen-bond acceptors (Lipinski definition) is 5. The molecule has 1 fully saturated rings. The van der Waals surface area contributed by atoms with Gasteiger partial charge >= 0.3 is 6.09 Å². The topological polar surface area (TPSA) is 68.2 Å². The van der Waals surface area contributed by atoms with Crippen LogP contribution in [0.25, 0.3) is 0 Å². The van der Waals surface area contributed by atoms with Crippen LogP contribution < -0.4 is 0 Å². The largest absolute Gasteiger partial charge is 0.444 e. The molecule has 2 unspecified atom stereocenters. The quantitative estimate of drug-likeness (QED) is 0.531. The molecule has 0 aromatic rings. The van der Waals surface area contributed by atoms with Gasteiger partial charge in [-0.05, 0) is 59.2 Å². The summed E-state index contributed by atoms with van der Waals surface area (Å²) >= 11 is 0. The lowest BCUT2D eigenvalue weighted by Gasteiger charge is -2.40. The summed E-state index contributed by atoms with van der Waals surface area (Å²) in [6.45, 7) is 22.3. The van der Waals surface area contributed by atoms with E-state index < -0.39 is 25.9 Å². The molecule has 3 atom stereocenters. The summed E-state index contributed by atoms with van der Waals surface area (Å²) in [7, 11) is -2.07. The molecule has 1 saturated heterocycles. The summed E-state index contributed by atoms with van der Waals surface area (Å²) in [5.41, 5.74) is -1.31. The van der Waals surface area contributed by atoms with Gasteiger partial charge in [0.25, 0.3) is 0 Å². The summed E-state index contributed by atoms with van der Waals surface area (Å²) in [6, 6.07) is -0.164. The first kappa shape index (κ1) is 24.4. The number of carbonyl (C=O) groups excluding carboxylic acids is 1. The van der Waals surface area contributed by atoms with Crippen molar-refractivity contribution in [2.75, 3.05) is 6.61 Å². The fraction of sp³-hybridized carbons (Fsp3) is 0.950. The van der Waals surface area contributed by atoms with Gasteiger partial charge in [0.1, 0.15) is 17.6 Å². The summed E-state index contributed by atoms with van der Waals surface area (Å²) < 4.78 is 17.5. The maximum absolute atomic E-state index is 12.7. The first-order chi connectivity index (χ1) is 11.9. The highest BCUT2D eigenvalue weighted by molar-refractivity contribution is 6.74. The maximum Gasteiger partial charge on any atom is 0.412 e. The van der Waals surface area contributed by atoms with Crippen molar-refractivity contribution in [1.29, 1.82) is 0 Å². The lowest BCUT2D eigenvalue weighted by atomic mass is 10.0. The van der Waals surface area contributed by atoms with E-state index in [4.69, 9.17) is 13.9 Å². The number of amides is 1. The molecule has 0 aromatic heterocycles. The van der Waals surface area contributed by atoms with E-state index in [-0.39, 0.29) is 23.1 Å². The Morgan fingerprint density at radius 1 is 1.26 bits per heavy atom. The molecule has 1 aliphatic rings. The Kier molecular flexibility index (Phi) is 7.24. The summed E-state index contributed by atoms with van der Waals surface area (Å²) in [5, 5.41) is 10.7. The predicted octanol–water partition coefficient (Wildman–Crippen LogP) is 4.72. The fourth-order valence-electron chi connectivity index (χ4n) is 2.88. The molecular formula is C20H41NO5Si. The van der Waals surface area contributed by atoms with E-state index in [1.54, 1.807) is 4.90 Å². The van der Waals surface area contributed by atoms with Crippen LogP contribution in [0.2, 0.25) is 18.1 Å². The van der Waals surface area contributed by atoms with Crippen LogP contribution in [-0.2, 0) is 13.9 Å². The van der Waals surface area contributed by atoms with Crippen LogP contribution >= 0.6 is 0 Å². The average Bonchev–Trinajstić information content (AvgIpc) is 2.69. The molecule has 160 valence electrons. The third-order valence-electron chi connectivity index (χ3n) is 5.52. The van der Waals surface area contributed by atoms with Crippen LogP contribution in [0.3, 0.4) is 0 Å². The van der Waals surface area contributed by atoms with Crippen molar-refractivity contribution in [1.82, 2.24) is 4.90 Å². The minimum Gasteiger partial charge on any atom is -0.444 e. The lowest BCUT2D eigenvalue weighted by Crippen LogP contribution is -2.51. The van der Waals surface area contributed by atoms with E-state index in [0.717, 1.165) is 0 Å². The summed E-state index contributed by atoms with van der Waals surface area (Å²) in [4.78, 5) is 14.4. The van der Waals surface area contributed by atoms with Crippen molar-refractivity contribution in [3.05, 3.63) is 0 Å². The van der Waals surface area contributed by atoms with Crippen molar-refractivity contribution in [3.8, 4) is 0 Å². The molecule has 1 N–H and O–H groups in total. The van der Waals surface area contributed by atoms with Crippen LogP contribution in [0.1, 0.15) is 68.7 Å². The minimum atomic E-state index is -2.07. The van der Waals surface area contributed by atoms with E-state index in [2.05, 4.69) is 33.9 Å². The Hall–Kier alpha value is -0.633. The van der Waals surface area contributed by atoms with Gasteiger partial charge in [0.2, 0.25) is 0 Å². The van der Waals surface area contributed by atoms with Crippen LogP contribution in [-0.4, -0.2) is 54.7 Å². The van der Waals surface area contributed by atoms with Gasteiger partial charge in [0.15, 0.2) is 8.32 Å². The average molecular weight is 404 g/mol. The normalized spacial score (nSPS) is 23.3. The zero-order valence-corrected chi connectivity index (χ0v) is 20.2. The van der Waals surface area contributed by atoms with E-state index in [0.29, 0.717) is 13.0 Å². The first-order valence-corrected chi connectivity index (χ1v) is 12.8. The molecule has 1 amide bonds. The number of hydrogen-bond donors (Lipinski definition) is 1. The number of rotatable bonds is 5. The van der Waals surface area contributed by atoms with Gasteiger partial charge < -0.3 is 19.0 Å². The zero-order chi connectivity index (χ0) is 21.4. The second-order valence-corrected chi connectivity index (χ2v) is 15.5. The molecule has 0 aliphatic carbocycles. The van der Waals surface area contributed by atoms with Crippen LogP contribution in [0.5, 0.6) is 0 Å². The number of nitrogens with zero attached hydrogens (tertiary/aromatic N) is 1. The highest BCUT2D eigenvalue weighted by Crippen LogP contribution is 2.39. The Bertz CT molecular complexity index is 521. The van der Waals surface area contributed by atoms with Gasteiger partial charge in [-0.3, -0.25) is 4.90 Å². The van der Waals surface area contributed by atoms with Crippen molar-refractivity contribution >= 4 is 14.4 Å². The third-order valence-corrected chi connectivity index (χ3v) is 9.96. The van der Waals surface area contributed by atoms with Crippen molar-refractivity contribution in [3.63, 3.8) is 0 Å². The van der Waals surface area contributed by atoms with Gasteiger partial charge in [-0.25, -0.2) is 4.79 Å². The Balaban J connectivity index is 2.84. The zero-order valence-electron chi connectivity index (χ0n) is 19.2. The van der Waals surface area contributed by atoms with Crippen LogP contribution in [0, 0.1) is 5.92 Å². The Morgan fingerprint density at radius 2 is 1.78 bits per heavy atom.